The summed E-state index contributed by atoms with van der Waals surface area (Å²) >= 11 is 1.39. The normalized spacial score (nSPS) is 29.9. The highest BCUT2D eigenvalue weighted by molar-refractivity contribution is 8.03. The van der Waals surface area contributed by atoms with Gasteiger partial charge in [-0.3, -0.25) is 9.69 Å². The zero-order valence-electron chi connectivity index (χ0n) is 19.3. The number of β-lactam (4-membered cyclic amide) rings is 1. The fourth-order valence-corrected chi connectivity index (χ4v) is 7.34. The minimum atomic E-state index is -3.90. The monoisotopic (exact) mass is 528 g/mol. The molecular formula is C22H29FN4O6S2. The van der Waals surface area contributed by atoms with Gasteiger partial charge in [0.05, 0.1) is 18.1 Å². The first kappa shape index (κ1) is 26.0. The molecule has 2 fully saturated rings. The highest BCUT2D eigenvalue weighted by Gasteiger charge is 2.60. The number of aliphatic hydroxyl groups excluding tert-OH is 1. The number of aliphatic carboxylic acids is 1. The number of carbonyl (C=O) groups excluding carboxylic acids is 1. The molecule has 192 valence electrons. The SMILES string of the molecule is C[C@@H](O)[C@H]1C(=O)N2C(C(=O)O)=C(S[C@H]3C[C@@H](CNS(N)(=O)=O)N(Cc4ccc(F)cc4)C3)[C@H](C)[C@H]12. The Morgan fingerprint density at radius 2 is 2.00 bits per heavy atom. The molecule has 1 amide bonds. The first-order chi connectivity index (χ1) is 16.4. The van der Waals surface area contributed by atoms with Crippen molar-refractivity contribution in [2.75, 3.05) is 13.1 Å². The predicted octanol–water partition coefficient (Wildman–Crippen LogP) is 0.449. The summed E-state index contributed by atoms with van der Waals surface area (Å²) in [6.07, 6.45) is -0.326. The lowest BCUT2D eigenvalue weighted by Gasteiger charge is -2.46. The van der Waals surface area contributed by atoms with Crippen LogP contribution in [0.2, 0.25) is 0 Å². The van der Waals surface area contributed by atoms with E-state index in [1.54, 1.807) is 12.1 Å². The number of benzene rings is 1. The van der Waals surface area contributed by atoms with Crippen LogP contribution in [-0.2, 0) is 26.3 Å². The van der Waals surface area contributed by atoms with Crippen molar-refractivity contribution < 1.29 is 32.6 Å². The van der Waals surface area contributed by atoms with Gasteiger partial charge in [-0.05, 0) is 31.0 Å². The summed E-state index contributed by atoms with van der Waals surface area (Å²) in [6, 6.07) is 5.43. The summed E-state index contributed by atoms with van der Waals surface area (Å²) in [5, 5.41) is 25.0. The molecule has 0 aliphatic carbocycles. The summed E-state index contributed by atoms with van der Waals surface area (Å²) in [5.41, 5.74) is 0.817. The fourth-order valence-electron chi connectivity index (χ4n) is 5.32. The zero-order chi connectivity index (χ0) is 25.7. The molecule has 2 saturated heterocycles. The standard InChI is InChI=1S/C22H29FN4O6S2/c1-11-18-17(12(2)28)21(29)27(18)19(22(30)31)20(11)34-16-7-15(8-25-35(24,32)33)26(10-16)9-13-3-5-14(23)6-4-13/h3-6,11-12,15-18,25,28H,7-10H2,1-2H3,(H,30,31)(H2,24,32,33)/t11-,12-,15+,16+,17-,18-/m1/s1. The van der Waals surface area contributed by atoms with E-state index in [1.807, 2.05) is 6.92 Å². The molecule has 0 radical (unpaired) electrons. The van der Waals surface area contributed by atoms with E-state index in [9.17, 15) is 32.6 Å². The van der Waals surface area contributed by atoms with Crippen LogP contribution in [0.3, 0.4) is 0 Å². The molecule has 0 saturated carbocycles. The maximum atomic E-state index is 13.3. The van der Waals surface area contributed by atoms with Gasteiger partial charge in [0, 0.05) is 41.7 Å². The topological polar surface area (TPSA) is 153 Å². The van der Waals surface area contributed by atoms with Gasteiger partial charge >= 0.3 is 5.97 Å². The molecule has 0 bridgehead atoms. The van der Waals surface area contributed by atoms with Crippen LogP contribution in [0.1, 0.15) is 25.8 Å². The molecule has 3 aliphatic rings. The highest BCUT2D eigenvalue weighted by atomic mass is 32.2. The number of carbonyl (C=O) groups is 2. The quantitative estimate of drug-likeness (QED) is 0.337. The van der Waals surface area contributed by atoms with E-state index in [2.05, 4.69) is 9.62 Å². The lowest BCUT2D eigenvalue weighted by molar-refractivity contribution is -0.163. The average molecular weight is 529 g/mol. The minimum absolute atomic E-state index is 0.0365. The maximum absolute atomic E-state index is 13.3. The number of rotatable bonds is 9. The Balaban J connectivity index is 1.54. The fraction of sp³-hybridized carbons (Fsp3) is 0.545. The number of hydrogen-bond donors (Lipinski definition) is 4. The van der Waals surface area contributed by atoms with Crippen molar-refractivity contribution >= 4 is 33.8 Å². The Labute approximate surface area is 207 Å². The first-order valence-electron chi connectivity index (χ1n) is 11.3. The van der Waals surface area contributed by atoms with Crippen molar-refractivity contribution in [2.24, 2.45) is 17.0 Å². The van der Waals surface area contributed by atoms with Crippen molar-refractivity contribution in [3.63, 3.8) is 0 Å². The van der Waals surface area contributed by atoms with E-state index in [-0.39, 0.29) is 41.2 Å². The highest BCUT2D eigenvalue weighted by Crippen LogP contribution is 2.52. The summed E-state index contributed by atoms with van der Waals surface area (Å²) in [6.45, 7) is 4.45. The van der Waals surface area contributed by atoms with Crippen LogP contribution in [0, 0.1) is 17.7 Å². The Kier molecular flexibility index (Phi) is 7.28. The van der Waals surface area contributed by atoms with E-state index in [0.29, 0.717) is 24.4 Å². The molecule has 0 spiro atoms. The summed E-state index contributed by atoms with van der Waals surface area (Å²) in [4.78, 5) is 28.6. The second kappa shape index (κ2) is 9.79. The van der Waals surface area contributed by atoms with E-state index in [0.717, 1.165) is 5.56 Å². The number of aliphatic hydroxyl groups is 1. The van der Waals surface area contributed by atoms with E-state index >= 15 is 0 Å². The molecule has 0 aromatic heterocycles. The smallest absolute Gasteiger partial charge is 0.353 e. The van der Waals surface area contributed by atoms with Crippen molar-refractivity contribution in [3.05, 3.63) is 46.2 Å². The van der Waals surface area contributed by atoms with Gasteiger partial charge in [0.1, 0.15) is 11.5 Å². The molecule has 13 heteroatoms. The molecule has 3 aliphatic heterocycles. The number of fused-ring (bicyclic) bond motifs is 1. The van der Waals surface area contributed by atoms with Crippen molar-refractivity contribution in [2.45, 2.75) is 50.3 Å². The number of likely N-dealkylation sites (tertiary alicyclic amines) is 1. The van der Waals surface area contributed by atoms with Gasteiger partial charge in [-0.2, -0.15) is 8.42 Å². The van der Waals surface area contributed by atoms with Gasteiger partial charge < -0.3 is 15.1 Å². The van der Waals surface area contributed by atoms with Crippen LogP contribution in [0.4, 0.5) is 4.39 Å². The number of nitrogens with two attached hydrogens (primary N) is 1. The van der Waals surface area contributed by atoms with Gasteiger partial charge in [-0.25, -0.2) is 19.0 Å². The van der Waals surface area contributed by atoms with Crippen LogP contribution in [0.15, 0.2) is 34.9 Å². The molecule has 4 rings (SSSR count). The first-order valence-corrected chi connectivity index (χ1v) is 13.7. The summed E-state index contributed by atoms with van der Waals surface area (Å²) in [7, 11) is -3.90. The number of halogens is 1. The van der Waals surface area contributed by atoms with Gasteiger partial charge in [-0.1, -0.05) is 19.1 Å². The van der Waals surface area contributed by atoms with Crippen LogP contribution < -0.4 is 9.86 Å². The third-order valence-corrected chi connectivity index (χ3v) is 8.98. The number of nitrogens with zero attached hydrogens (tertiary/aromatic N) is 2. The number of nitrogens with one attached hydrogen (secondary N) is 1. The third-order valence-electron chi connectivity index (χ3n) is 6.91. The molecule has 1 aromatic carbocycles. The Morgan fingerprint density at radius 3 is 2.57 bits per heavy atom. The lowest BCUT2D eigenvalue weighted by atomic mass is 9.79. The van der Waals surface area contributed by atoms with E-state index in [4.69, 9.17) is 5.14 Å². The Bertz CT molecular complexity index is 1140. The number of carboxylic acids is 1. The zero-order valence-corrected chi connectivity index (χ0v) is 20.9. The number of thioether (sulfide) groups is 1. The average Bonchev–Trinajstić information content (AvgIpc) is 3.24. The maximum Gasteiger partial charge on any atom is 0.353 e. The molecule has 0 unspecified atom stereocenters. The molecule has 35 heavy (non-hydrogen) atoms. The van der Waals surface area contributed by atoms with Crippen molar-refractivity contribution in [3.8, 4) is 0 Å². The van der Waals surface area contributed by atoms with Gasteiger partial charge in [0.2, 0.25) is 5.91 Å². The summed E-state index contributed by atoms with van der Waals surface area (Å²) in [5.74, 6) is -2.82. The molecule has 5 N–H and O–H groups in total. The molecule has 1 aromatic rings. The molecular weight excluding hydrogens is 499 g/mol. The Hall–Kier alpha value is -2.03. The number of hydrogen-bond acceptors (Lipinski definition) is 7. The van der Waals surface area contributed by atoms with Crippen LogP contribution in [0.5, 0.6) is 0 Å². The lowest BCUT2D eigenvalue weighted by Crippen LogP contribution is -2.63. The van der Waals surface area contributed by atoms with Gasteiger partial charge in [-0.15, -0.1) is 11.8 Å². The number of carboxylic acid groups (broad SMARTS) is 1. The van der Waals surface area contributed by atoms with Gasteiger partial charge in [0.25, 0.3) is 10.2 Å². The second-order valence-corrected chi connectivity index (χ2v) is 12.1. The predicted molar refractivity (Wildman–Crippen MR) is 127 cm³/mol. The van der Waals surface area contributed by atoms with Crippen molar-refractivity contribution in [1.29, 1.82) is 0 Å². The largest absolute Gasteiger partial charge is 0.477 e. The van der Waals surface area contributed by atoms with Crippen LogP contribution >= 0.6 is 11.8 Å². The molecule has 3 heterocycles. The van der Waals surface area contributed by atoms with E-state index < -0.39 is 34.2 Å². The minimum Gasteiger partial charge on any atom is -0.477 e. The van der Waals surface area contributed by atoms with Crippen molar-refractivity contribution in [1.82, 2.24) is 14.5 Å². The molecule has 10 nitrogen and oxygen atoms in total. The van der Waals surface area contributed by atoms with Gasteiger partial charge in [0.15, 0.2) is 0 Å². The Morgan fingerprint density at radius 1 is 1.34 bits per heavy atom. The second-order valence-electron chi connectivity index (χ2n) is 9.35. The molecule has 6 atom stereocenters. The van der Waals surface area contributed by atoms with Crippen LogP contribution in [-0.4, -0.2) is 76.8 Å². The summed E-state index contributed by atoms with van der Waals surface area (Å²) < 4.78 is 38.6. The number of amides is 1. The van der Waals surface area contributed by atoms with E-state index in [1.165, 1.54) is 35.7 Å². The van der Waals surface area contributed by atoms with Crippen LogP contribution in [0.25, 0.3) is 0 Å². The third kappa shape index (κ3) is 5.25.